The van der Waals surface area contributed by atoms with Gasteiger partial charge in [-0.2, -0.15) is 0 Å². The van der Waals surface area contributed by atoms with Gasteiger partial charge >= 0.3 is 0 Å². The monoisotopic (exact) mass is 297 g/mol. The van der Waals surface area contributed by atoms with Gasteiger partial charge in [0.05, 0.1) is 13.2 Å². The highest BCUT2D eigenvalue weighted by atomic mass is 16.5. The molecule has 0 radical (unpaired) electrons. The van der Waals surface area contributed by atoms with Crippen LogP contribution in [0.2, 0.25) is 0 Å². The highest BCUT2D eigenvalue weighted by Gasteiger charge is 2.15. The molecule has 0 aromatic heterocycles. The minimum Gasteiger partial charge on any atom is -0.496 e. The Kier molecular flexibility index (Phi) is 5.73. The van der Waals surface area contributed by atoms with Crippen molar-refractivity contribution in [3.05, 3.63) is 65.2 Å². The van der Waals surface area contributed by atoms with Gasteiger partial charge in [-0.3, -0.25) is 4.79 Å². The van der Waals surface area contributed by atoms with E-state index in [2.05, 4.69) is 12.2 Å². The Bertz CT molecular complexity index is 620. The molecule has 1 unspecified atom stereocenters. The molecule has 0 aliphatic carbocycles. The van der Waals surface area contributed by atoms with Crippen molar-refractivity contribution in [2.75, 3.05) is 7.11 Å². The average Bonchev–Trinajstić information content (AvgIpc) is 2.59. The third kappa shape index (κ3) is 3.95. The van der Waals surface area contributed by atoms with Gasteiger partial charge in [0.2, 0.25) is 0 Å². The van der Waals surface area contributed by atoms with Crippen LogP contribution in [0.1, 0.15) is 35.3 Å². The third-order valence-electron chi connectivity index (χ3n) is 3.83. The highest BCUT2D eigenvalue weighted by molar-refractivity contribution is 5.99. The first kappa shape index (κ1) is 16.2. The average molecular weight is 297 g/mol. The first-order chi connectivity index (χ1) is 10.7. The van der Waals surface area contributed by atoms with Crippen LogP contribution in [0.15, 0.2) is 48.5 Å². The Labute approximate surface area is 132 Å². The number of methoxy groups -OCH3 is 1. The summed E-state index contributed by atoms with van der Waals surface area (Å²) in [4.78, 5) is 12.4. The molecule has 3 nitrogen and oxygen atoms in total. The first-order valence-corrected chi connectivity index (χ1v) is 7.64. The van der Waals surface area contributed by atoms with Crippen LogP contribution in [0, 0.1) is 0 Å². The normalized spacial score (nSPS) is 12.0. The van der Waals surface area contributed by atoms with Crippen LogP contribution in [0.4, 0.5) is 0 Å². The van der Waals surface area contributed by atoms with Crippen molar-refractivity contribution in [3.63, 3.8) is 0 Å². The van der Waals surface area contributed by atoms with Gasteiger partial charge in [-0.1, -0.05) is 49.4 Å². The Hall–Kier alpha value is -2.13. The molecule has 0 aliphatic heterocycles. The lowest BCUT2D eigenvalue weighted by Crippen LogP contribution is -2.33. The Morgan fingerprint density at radius 2 is 1.82 bits per heavy atom. The molecule has 2 aromatic rings. The van der Waals surface area contributed by atoms with Gasteiger partial charge in [-0.25, -0.2) is 0 Å². The molecule has 3 heteroatoms. The van der Waals surface area contributed by atoms with Gasteiger partial charge in [0, 0.05) is 17.7 Å². The molecule has 0 bridgehead atoms. The van der Waals surface area contributed by atoms with E-state index in [9.17, 15) is 4.79 Å². The maximum Gasteiger partial charge on any atom is 0.179 e. The molecule has 22 heavy (non-hydrogen) atoms. The number of hydrogen-bond acceptors (Lipinski definition) is 3. The number of ether oxygens (including phenoxy) is 1. The quantitative estimate of drug-likeness (QED) is 0.793. The number of carbonyl (C=O) groups is 1. The highest BCUT2D eigenvalue weighted by Crippen LogP contribution is 2.17. The summed E-state index contributed by atoms with van der Waals surface area (Å²) in [6, 6.07) is 15.4. The Balaban J connectivity index is 1.98. The van der Waals surface area contributed by atoms with E-state index in [0.717, 1.165) is 23.3 Å². The second-order valence-electron chi connectivity index (χ2n) is 5.33. The van der Waals surface area contributed by atoms with Gasteiger partial charge in [-0.05, 0) is 25.0 Å². The summed E-state index contributed by atoms with van der Waals surface area (Å²) in [6.07, 6.45) is 0.982. The number of rotatable bonds is 7. The molecule has 0 fully saturated rings. The third-order valence-corrected chi connectivity index (χ3v) is 3.83. The summed E-state index contributed by atoms with van der Waals surface area (Å²) in [5, 5.41) is 3.27. The lowest BCUT2D eigenvalue weighted by atomic mass is 10.0. The number of para-hydroxylation sites is 1. The molecule has 2 rings (SSSR count). The number of aryl methyl sites for hydroxylation is 1. The fourth-order valence-electron chi connectivity index (χ4n) is 2.36. The van der Waals surface area contributed by atoms with Crippen molar-refractivity contribution in [2.24, 2.45) is 0 Å². The van der Waals surface area contributed by atoms with E-state index in [-0.39, 0.29) is 11.8 Å². The maximum atomic E-state index is 12.4. The molecule has 0 aliphatic rings. The molecule has 1 N–H and O–H groups in total. The predicted molar refractivity (Wildman–Crippen MR) is 89.4 cm³/mol. The zero-order valence-corrected chi connectivity index (χ0v) is 13.4. The van der Waals surface area contributed by atoms with Crippen LogP contribution >= 0.6 is 0 Å². The second-order valence-corrected chi connectivity index (χ2v) is 5.33. The Morgan fingerprint density at radius 1 is 1.14 bits per heavy atom. The number of hydrogen-bond donors (Lipinski definition) is 1. The van der Waals surface area contributed by atoms with Crippen LogP contribution in [-0.2, 0) is 13.0 Å². The number of Topliss-reactive ketones (excluding diaryl/α,β-unsaturated/α-hetero) is 1. The van der Waals surface area contributed by atoms with E-state index in [1.165, 1.54) is 5.56 Å². The molecule has 0 saturated heterocycles. The maximum absolute atomic E-state index is 12.4. The molecule has 0 saturated carbocycles. The molecule has 2 aromatic carbocycles. The fourth-order valence-corrected chi connectivity index (χ4v) is 2.36. The van der Waals surface area contributed by atoms with E-state index in [1.54, 1.807) is 7.11 Å². The van der Waals surface area contributed by atoms with E-state index in [1.807, 2.05) is 55.5 Å². The van der Waals surface area contributed by atoms with Crippen molar-refractivity contribution in [3.8, 4) is 5.75 Å². The molecule has 0 heterocycles. The van der Waals surface area contributed by atoms with Gasteiger partial charge in [0.1, 0.15) is 5.75 Å². The zero-order valence-electron chi connectivity index (χ0n) is 13.4. The van der Waals surface area contributed by atoms with Gasteiger partial charge in [-0.15, -0.1) is 0 Å². The van der Waals surface area contributed by atoms with Crippen LogP contribution in [0.25, 0.3) is 0 Å². The first-order valence-electron chi connectivity index (χ1n) is 7.64. The van der Waals surface area contributed by atoms with E-state index >= 15 is 0 Å². The van der Waals surface area contributed by atoms with Crippen molar-refractivity contribution in [2.45, 2.75) is 32.9 Å². The van der Waals surface area contributed by atoms with Crippen LogP contribution in [-0.4, -0.2) is 18.9 Å². The SMILES string of the molecule is CCc1ccc(C(=O)C(C)NCc2ccccc2OC)cc1. The topological polar surface area (TPSA) is 38.3 Å². The summed E-state index contributed by atoms with van der Waals surface area (Å²) < 4.78 is 5.32. The summed E-state index contributed by atoms with van der Waals surface area (Å²) in [6.45, 7) is 4.60. The van der Waals surface area contributed by atoms with Crippen molar-refractivity contribution in [1.82, 2.24) is 5.32 Å². The minimum absolute atomic E-state index is 0.109. The van der Waals surface area contributed by atoms with Gasteiger partial charge < -0.3 is 10.1 Å². The van der Waals surface area contributed by atoms with Crippen LogP contribution in [0.3, 0.4) is 0 Å². The molecule has 0 spiro atoms. The van der Waals surface area contributed by atoms with E-state index < -0.39 is 0 Å². The largest absolute Gasteiger partial charge is 0.496 e. The number of ketones is 1. The summed E-state index contributed by atoms with van der Waals surface area (Å²) in [5.74, 6) is 0.944. The van der Waals surface area contributed by atoms with Crippen LogP contribution < -0.4 is 10.1 Å². The number of benzene rings is 2. The van der Waals surface area contributed by atoms with Crippen LogP contribution in [0.5, 0.6) is 5.75 Å². The molecular formula is C19H23NO2. The molecule has 1 atom stereocenters. The van der Waals surface area contributed by atoms with E-state index in [0.29, 0.717) is 6.54 Å². The lowest BCUT2D eigenvalue weighted by molar-refractivity contribution is 0.0950. The second kappa shape index (κ2) is 7.76. The molecule has 116 valence electrons. The van der Waals surface area contributed by atoms with Crippen molar-refractivity contribution in [1.29, 1.82) is 0 Å². The minimum atomic E-state index is -0.239. The molecular weight excluding hydrogens is 274 g/mol. The summed E-state index contributed by atoms with van der Waals surface area (Å²) >= 11 is 0. The van der Waals surface area contributed by atoms with E-state index in [4.69, 9.17) is 4.74 Å². The smallest absolute Gasteiger partial charge is 0.179 e. The number of nitrogens with one attached hydrogen (secondary N) is 1. The standard InChI is InChI=1S/C19H23NO2/c1-4-15-9-11-16(12-10-15)19(21)14(2)20-13-17-7-5-6-8-18(17)22-3/h5-12,14,20H,4,13H2,1-3H3. The number of carbonyl (C=O) groups excluding carboxylic acids is 1. The fraction of sp³-hybridized carbons (Fsp3) is 0.316. The van der Waals surface area contributed by atoms with Gasteiger partial charge in [0.15, 0.2) is 5.78 Å². The summed E-state index contributed by atoms with van der Waals surface area (Å²) in [7, 11) is 1.66. The van der Waals surface area contributed by atoms with Crippen molar-refractivity contribution >= 4 is 5.78 Å². The molecule has 0 amide bonds. The predicted octanol–water partition coefficient (Wildman–Crippen LogP) is 3.62. The van der Waals surface area contributed by atoms with Gasteiger partial charge in [0.25, 0.3) is 0 Å². The zero-order chi connectivity index (χ0) is 15.9. The Morgan fingerprint density at radius 3 is 2.45 bits per heavy atom. The lowest BCUT2D eigenvalue weighted by Gasteiger charge is -2.15. The summed E-state index contributed by atoms with van der Waals surface area (Å²) in [5.41, 5.74) is 3.04. The van der Waals surface area contributed by atoms with Crippen molar-refractivity contribution < 1.29 is 9.53 Å².